The molecule has 1 aliphatic heterocycles. The van der Waals surface area contributed by atoms with Crippen LogP contribution in [0.5, 0.6) is 5.75 Å². The average molecular weight is 434 g/mol. The van der Waals surface area contributed by atoms with Crippen LogP contribution in [0.4, 0.5) is 0 Å². The monoisotopic (exact) mass is 434 g/mol. The minimum Gasteiger partial charge on any atom is -0.489 e. The molecule has 0 saturated heterocycles. The number of imide groups is 1. The molecular formula is C28H22N2O3. The third-order valence-corrected chi connectivity index (χ3v) is 5.45. The second-order valence-electron chi connectivity index (χ2n) is 7.70. The number of hydrogen-bond donors (Lipinski definition) is 0. The van der Waals surface area contributed by atoms with Gasteiger partial charge in [-0.15, -0.1) is 0 Å². The van der Waals surface area contributed by atoms with Gasteiger partial charge in [-0.3, -0.25) is 14.5 Å². The zero-order valence-corrected chi connectivity index (χ0v) is 18.2. The zero-order chi connectivity index (χ0) is 23.2. The zero-order valence-electron chi connectivity index (χ0n) is 18.2. The van der Waals surface area contributed by atoms with Crippen LogP contribution in [0.1, 0.15) is 23.6 Å². The van der Waals surface area contributed by atoms with E-state index in [1.165, 1.54) is 0 Å². The number of amides is 2. The van der Waals surface area contributed by atoms with Crippen LogP contribution in [0.25, 0.3) is 6.08 Å². The summed E-state index contributed by atoms with van der Waals surface area (Å²) in [7, 11) is 0. The second-order valence-corrected chi connectivity index (χ2v) is 7.70. The van der Waals surface area contributed by atoms with Crippen LogP contribution in [0.2, 0.25) is 0 Å². The molecule has 0 fully saturated rings. The van der Waals surface area contributed by atoms with Crippen molar-refractivity contribution < 1.29 is 14.3 Å². The van der Waals surface area contributed by atoms with Crippen molar-refractivity contribution in [2.24, 2.45) is 0 Å². The van der Waals surface area contributed by atoms with Crippen LogP contribution in [-0.4, -0.2) is 16.7 Å². The lowest BCUT2D eigenvalue weighted by Crippen LogP contribution is -2.42. The average Bonchev–Trinajstić information content (AvgIpc) is 2.85. The molecule has 2 amide bonds. The predicted octanol–water partition coefficient (Wildman–Crippen LogP) is 5.06. The minimum atomic E-state index is -0.564. The summed E-state index contributed by atoms with van der Waals surface area (Å²) in [5.41, 5.74) is 3.37. The lowest BCUT2D eigenvalue weighted by atomic mass is 9.93. The summed E-state index contributed by atoms with van der Waals surface area (Å²) in [6.45, 7) is 2.21. The molecule has 0 aliphatic carbocycles. The minimum absolute atomic E-state index is 0.0143. The summed E-state index contributed by atoms with van der Waals surface area (Å²) in [4.78, 5) is 27.1. The van der Waals surface area contributed by atoms with Crippen molar-refractivity contribution in [3.8, 4) is 11.8 Å². The lowest BCUT2D eigenvalue weighted by molar-refractivity contribution is -0.141. The van der Waals surface area contributed by atoms with Gasteiger partial charge in [0.15, 0.2) is 0 Å². The first-order chi connectivity index (χ1) is 16.1. The van der Waals surface area contributed by atoms with Gasteiger partial charge in [0, 0.05) is 5.57 Å². The number of ether oxygens (including phenoxy) is 1. The molecule has 33 heavy (non-hydrogen) atoms. The Balaban J connectivity index is 1.57. The highest BCUT2D eigenvalue weighted by Crippen LogP contribution is 2.28. The molecule has 1 heterocycles. The Kier molecular flexibility index (Phi) is 6.47. The third kappa shape index (κ3) is 4.91. The van der Waals surface area contributed by atoms with E-state index >= 15 is 0 Å². The van der Waals surface area contributed by atoms with E-state index in [1.807, 2.05) is 91.0 Å². The molecule has 0 unspecified atom stereocenters. The Morgan fingerprint density at radius 1 is 0.848 bits per heavy atom. The summed E-state index contributed by atoms with van der Waals surface area (Å²) >= 11 is 0. The van der Waals surface area contributed by atoms with Gasteiger partial charge < -0.3 is 4.74 Å². The Hall–Kier alpha value is -4.43. The number of benzene rings is 3. The Morgan fingerprint density at radius 3 is 2.06 bits per heavy atom. The van der Waals surface area contributed by atoms with E-state index in [1.54, 1.807) is 13.0 Å². The van der Waals surface area contributed by atoms with Crippen LogP contribution in [0.15, 0.2) is 102 Å². The molecule has 0 radical (unpaired) electrons. The van der Waals surface area contributed by atoms with Gasteiger partial charge >= 0.3 is 0 Å². The summed E-state index contributed by atoms with van der Waals surface area (Å²) in [5.74, 6) is -0.266. The standard InChI is InChI=1S/C28H22N2O3/c1-20-25(16-21-12-14-24(15-13-21)33-19-23-10-6-3-7-11-23)27(31)30(28(32)26(20)17-29)18-22-8-4-2-5-9-22/h2-16H,18-19H2,1H3/b25-16+. The largest absolute Gasteiger partial charge is 0.489 e. The molecule has 3 aromatic rings. The van der Waals surface area contributed by atoms with E-state index < -0.39 is 11.8 Å². The highest BCUT2D eigenvalue weighted by atomic mass is 16.5. The van der Waals surface area contributed by atoms with Gasteiger partial charge in [-0.25, -0.2) is 0 Å². The van der Waals surface area contributed by atoms with Crippen LogP contribution >= 0.6 is 0 Å². The number of nitriles is 1. The fourth-order valence-electron chi connectivity index (χ4n) is 3.61. The topological polar surface area (TPSA) is 70.4 Å². The molecular weight excluding hydrogens is 412 g/mol. The van der Waals surface area contributed by atoms with Gasteiger partial charge in [-0.1, -0.05) is 72.8 Å². The van der Waals surface area contributed by atoms with Gasteiger partial charge in [0.2, 0.25) is 0 Å². The fourth-order valence-corrected chi connectivity index (χ4v) is 3.61. The van der Waals surface area contributed by atoms with Gasteiger partial charge in [0.05, 0.1) is 6.54 Å². The SMILES string of the molecule is CC1=C(C#N)C(=O)N(Cc2ccccc2)C(=O)/C1=C/c1ccc(OCc2ccccc2)cc1. The lowest BCUT2D eigenvalue weighted by Gasteiger charge is -2.27. The predicted molar refractivity (Wildman–Crippen MR) is 126 cm³/mol. The molecule has 0 atom stereocenters. The highest BCUT2D eigenvalue weighted by molar-refractivity contribution is 6.19. The molecule has 0 N–H and O–H groups in total. The maximum absolute atomic E-state index is 13.2. The van der Waals surface area contributed by atoms with Crippen LogP contribution in [0, 0.1) is 11.3 Å². The molecule has 0 bridgehead atoms. The normalized spacial score (nSPS) is 15.0. The molecule has 5 heteroatoms. The van der Waals surface area contributed by atoms with Gasteiger partial charge in [-0.2, -0.15) is 5.26 Å². The van der Waals surface area contributed by atoms with Crippen LogP contribution in [0.3, 0.4) is 0 Å². The van der Waals surface area contributed by atoms with Crippen LogP contribution in [-0.2, 0) is 22.7 Å². The molecule has 3 aromatic carbocycles. The van der Waals surface area contributed by atoms with E-state index in [0.29, 0.717) is 23.5 Å². The molecule has 0 aromatic heterocycles. The van der Waals surface area contributed by atoms with Crippen molar-refractivity contribution in [1.29, 1.82) is 5.26 Å². The summed E-state index contributed by atoms with van der Waals surface area (Å²) in [5, 5.41) is 9.56. The Bertz CT molecular complexity index is 1270. The maximum atomic E-state index is 13.2. The molecule has 5 nitrogen and oxygen atoms in total. The van der Waals surface area contributed by atoms with Crippen molar-refractivity contribution in [2.45, 2.75) is 20.1 Å². The Labute approximate surface area is 192 Å². The summed E-state index contributed by atoms with van der Waals surface area (Å²) in [6.07, 6.45) is 1.71. The number of rotatable bonds is 6. The van der Waals surface area contributed by atoms with Crippen molar-refractivity contribution in [3.63, 3.8) is 0 Å². The molecule has 4 rings (SSSR count). The number of hydrogen-bond acceptors (Lipinski definition) is 4. The van der Waals surface area contributed by atoms with Crippen LogP contribution < -0.4 is 4.74 Å². The first-order valence-corrected chi connectivity index (χ1v) is 10.6. The number of carbonyl (C=O) groups excluding carboxylic acids is 2. The van der Waals surface area contributed by atoms with Gasteiger partial charge in [-0.05, 0) is 47.4 Å². The second kappa shape index (κ2) is 9.80. The number of nitrogens with zero attached hydrogens (tertiary/aromatic N) is 2. The quantitative estimate of drug-likeness (QED) is 0.402. The smallest absolute Gasteiger partial charge is 0.271 e. The highest BCUT2D eigenvalue weighted by Gasteiger charge is 2.35. The van der Waals surface area contributed by atoms with E-state index in [9.17, 15) is 14.9 Å². The fraction of sp³-hybridized carbons (Fsp3) is 0.107. The van der Waals surface area contributed by atoms with Crippen molar-refractivity contribution in [2.75, 3.05) is 0 Å². The Morgan fingerprint density at radius 2 is 1.45 bits per heavy atom. The first kappa shape index (κ1) is 21.8. The molecule has 1 aliphatic rings. The van der Waals surface area contributed by atoms with Crippen molar-refractivity contribution >= 4 is 17.9 Å². The van der Waals surface area contributed by atoms with E-state index in [0.717, 1.165) is 21.6 Å². The van der Waals surface area contributed by atoms with E-state index in [2.05, 4.69) is 0 Å². The summed E-state index contributed by atoms with van der Waals surface area (Å²) < 4.78 is 5.82. The van der Waals surface area contributed by atoms with Gasteiger partial charge in [0.25, 0.3) is 11.8 Å². The molecule has 0 spiro atoms. The molecule has 0 saturated carbocycles. The molecule has 162 valence electrons. The first-order valence-electron chi connectivity index (χ1n) is 10.6. The van der Waals surface area contributed by atoms with E-state index in [4.69, 9.17) is 4.74 Å². The van der Waals surface area contributed by atoms with Gasteiger partial charge in [0.1, 0.15) is 24.0 Å². The third-order valence-electron chi connectivity index (χ3n) is 5.45. The van der Waals surface area contributed by atoms with Crippen molar-refractivity contribution in [1.82, 2.24) is 4.90 Å². The summed E-state index contributed by atoms with van der Waals surface area (Å²) in [6, 6.07) is 28.5. The van der Waals surface area contributed by atoms with E-state index in [-0.39, 0.29) is 12.1 Å². The maximum Gasteiger partial charge on any atom is 0.271 e. The number of carbonyl (C=O) groups is 2. The van der Waals surface area contributed by atoms with Crippen molar-refractivity contribution in [3.05, 3.63) is 118 Å².